The summed E-state index contributed by atoms with van der Waals surface area (Å²) in [6.07, 6.45) is 15.5. The van der Waals surface area contributed by atoms with Gasteiger partial charge < -0.3 is 54.7 Å². The number of halogens is 6. The van der Waals surface area contributed by atoms with Crippen LogP contribution in [0.4, 0.5) is 5.69 Å². The van der Waals surface area contributed by atoms with Gasteiger partial charge in [-0.3, -0.25) is 35.2 Å². The van der Waals surface area contributed by atoms with Gasteiger partial charge in [0.15, 0.2) is 27.5 Å². The van der Waals surface area contributed by atoms with Crippen molar-refractivity contribution < 1.29 is 24.8 Å². The van der Waals surface area contributed by atoms with Crippen molar-refractivity contribution in [1.82, 2.24) is 84.6 Å². The first-order valence-corrected chi connectivity index (χ1v) is 33.2. The van der Waals surface area contributed by atoms with Gasteiger partial charge in [0.25, 0.3) is 30.5 Å². The van der Waals surface area contributed by atoms with Crippen molar-refractivity contribution >= 4 is 93.0 Å². The lowest BCUT2D eigenvalue weighted by atomic mass is 10.2. The fourth-order valence-electron chi connectivity index (χ4n) is 9.45. The van der Waals surface area contributed by atoms with Crippen LogP contribution in [0, 0.1) is 62.0 Å². The highest BCUT2D eigenvalue weighted by molar-refractivity contribution is 6.30. The van der Waals surface area contributed by atoms with Crippen LogP contribution in [-0.4, -0.2) is 220 Å². The van der Waals surface area contributed by atoms with Gasteiger partial charge in [0.2, 0.25) is 6.19 Å². The minimum absolute atomic E-state index is 0.259. The van der Waals surface area contributed by atoms with Crippen molar-refractivity contribution in [3.8, 4) is 6.19 Å². The highest BCUT2D eigenvalue weighted by Crippen LogP contribution is 2.22. The Balaban J connectivity index is 0.000000267. The number of hydrogen-bond acceptors (Lipinski definition) is 25. The lowest BCUT2D eigenvalue weighted by Gasteiger charge is -2.40. The highest BCUT2D eigenvalue weighted by Gasteiger charge is 2.28. The summed E-state index contributed by atoms with van der Waals surface area (Å²) in [5.74, 6) is 2.79. The zero-order valence-corrected chi connectivity index (χ0v) is 63.2. The van der Waals surface area contributed by atoms with Crippen LogP contribution in [0.5, 0.6) is 0 Å². The number of hydrogen-bond donors (Lipinski definition) is 2. The predicted molar refractivity (Wildman–Crippen MR) is 399 cm³/mol. The lowest BCUT2D eigenvalue weighted by Crippen LogP contribution is -2.56. The van der Waals surface area contributed by atoms with E-state index in [0.717, 1.165) is 71.6 Å². The molecule has 562 valence electrons. The normalized spacial score (nSPS) is 14.7. The summed E-state index contributed by atoms with van der Waals surface area (Å²) < 4.78 is 0. The number of aliphatic imine (C=N–C) groups is 1. The third kappa shape index (κ3) is 33.0. The van der Waals surface area contributed by atoms with E-state index in [2.05, 4.69) is 55.7 Å². The fourth-order valence-corrected chi connectivity index (χ4v) is 10.1. The smallest absolute Gasteiger partial charge is 0.276 e. The topological polar surface area (TPSA) is 410 Å². The molecule has 0 saturated carbocycles. The molecule has 0 amide bonds. The molecule has 3 saturated heterocycles. The molecule has 9 rings (SSSR count). The molecule has 9 heterocycles. The van der Waals surface area contributed by atoms with Crippen LogP contribution in [0.3, 0.4) is 0 Å². The molecule has 6 aromatic heterocycles. The number of anilines is 1. The summed E-state index contributed by atoms with van der Waals surface area (Å²) in [4.78, 5) is 96.6. The molecular weight excluding hydrogens is 1500 g/mol. The second-order valence-corrected chi connectivity index (χ2v) is 25.2. The van der Waals surface area contributed by atoms with E-state index in [-0.39, 0.29) is 5.96 Å². The first kappa shape index (κ1) is 86.5. The molecule has 0 aliphatic carbocycles. The van der Waals surface area contributed by atoms with Crippen molar-refractivity contribution in [3.63, 3.8) is 0 Å². The van der Waals surface area contributed by atoms with Crippen molar-refractivity contribution in [1.29, 1.82) is 5.26 Å². The lowest BCUT2D eigenvalue weighted by molar-refractivity contribution is -0.486. The molecular formula is C62H77Cl6N27O10. The van der Waals surface area contributed by atoms with E-state index in [4.69, 9.17) is 74.9 Å². The maximum absolute atomic E-state index is 10.7. The Bertz CT molecular complexity index is 3950. The molecule has 6 aromatic rings. The largest absolute Gasteiger partial charge is 0.367 e. The first-order valence-electron chi connectivity index (χ1n) is 30.9. The fraction of sp³-hybridized carbons (Fsp3) is 0.355. The second-order valence-electron chi connectivity index (χ2n) is 22.9. The number of hydrazone groups is 2. The third-order valence-corrected chi connectivity index (χ3v) is 15.4. The Morgan fingerprint density at radius 2 is 0.981 bits per heavy atom. The van der Waals surface area contributed by atoms with Gasteiger partial charge in [-0.25, -0.2) is 50.1 Å². The standard InChI is InChI=1S/C11H15ClN6O2.C11H13ClN4O2.C11H15ClN4O2.C10H14ClN5O2.C10H11ClN4.C9H9ClN4O2/c1-15-7-16(2)11(14-18(19)20)17(8-15)6-9-3-4-10(12)13-5-9;12-10-3-2-9(6-14-10)7-15-5-1-4-13-11(15)8-16(17)18;1-14(2)11(8-16(17)18)15(3)7-9-4-5-10(12)13-6-9;1-14(2)10(13-16(17)18)15(3)7-8-4-5-9(11)12-6-8;1-8(14-7-12)15(2)6-9-3-4-10(11)13-5-9;10-8-2-1-7(5-12-8)13-4-3-11-9(13)6-14(15)16/h3-5H,6-8H2,1-2H3;2-3,6,8,13H,1,4-5,7H2;4-6,8H,7H2,1-3H3;4-6H,7H2,1-3H3;3-5H,6H2,1-2H3;1-2,5-6,11H,3-4H2/b14-11+;2*11-8+;13-10+;;9-6+. The van der Waals surface area contributed by atoms with Gasteiger partial charge in [0.1, 0.15) is 47.0 Å². The molecule has 3 aliphatic heterocycles. The second kappa shape index (κ2) is 44.6. The Kier molecular flexibility index (Phi) is 36.7. The molecule has 0 unspecified atom stereocenters. The Hall–Kier alpha value is -10.9. The molecule has 0 radical (unpaired) electrons. The summed E-state index contributed by atoms with van der Waals surface area (Å²) >= 11 is 34.2. The number of amidine groups is 1. The van der Waals surface area contributed by atoms with Crippen molar-refractivity contribution in [3.05, 3.63) is 255 Å². The van der Waals surface area contributed by atoms with E-state index in [1.54, 1.807) is 171 Å². The van der Waals surface area contributed by atoms with Crippen molar-refractivity contribution in [2.75, 3.05) is 108 Å². The predicted octanol–water partition coefficient (Wildman–Crippen LogP) is 8.85. The molecule has 105 heavy (non-hydrogen) atoms. The van der Waals surface area contributed by atoms with Crippen LogP contribution in [0.15, 0.2) is 161 Å². The quantitative estimate of drug-likeness (QED) is 0.0202. The molecule has 0 spiro atoms. The van der Waals surface area contributed by atoms with Gasteiger partial charge in [-0.1, -0.05) is 99.9 Å². The van der Waals surface area contributed by atoms with Gasteiger partial charge >= 0.3 is 0 Å². The SMILES string of the molecule is CC(=NC#N)N(C)Cc1ccc(Cl)nc1.CN(C)/C(=C\[N+](=O)[O-])N(C)Cc1ccc(Cl)nc1.CN(C)/C(=N\[N+](=O)[O-])N(C)Cc1ccc(Cl)nc1.CN1CN(C)/C(=N\[N+](=O)[O-])N(Cc2ccc(Cl)nc2)C1.O=[N+]([O-])/C=C1\NCCCN1Cc1ccc(Cl)nc1.O=[N+]([O-])/C=C1\NCCN1c1ccc(Cl)nc1. The highest BCUT2D eigenvalue weighted by atomic mass is 35.5. The van der Waals surface area contributed by atoms with E-state index in [9.17, 15) is 50.6 Å². The number of aromatic nitrogens is 6. The van der Waals surface area contributed by atoms with Crippen LogP contribution in [-0.2, 0) is 32.7 Å². The maximum Gasteiger partial charge on any atom is 0.276 e. The molecule has 37 nitrogen and oxygen atoms in total. The number of nitrogens with one attached hydrogen (secondary N) is 2. The average molecular weight is 1570 g/mol. The number of guanidine groups is 2. The number of nitrogens with zero attached hydrogens (tertiary/aromatic N) is 25. The summed E-state index contributed by atoms with van der Waals surface area (Å²) in [5.41, 5.74) is 5.50. The average Bonchev–Trinajstić information content (AvgIpc) is 1.52. The van der Waals surface area contributed by atoms with E-state index >= 15 is 0 Å². The van der Waals surface area contributed by atoms with Crippen LogP contribution in [0.1, 0.15) is 41.2 Å². The Morgan fingerprint density at radius 3 is 1.39 bits per heavy atom. The molecule has 3 fully saturated rings. The van der Waals surface area contributed by atoms with Gasteiger partial charge in [-0.15, -0.1) is 0 Å². The first-order chi connectivity index (χ1) is 49.7. The molecule has 3 aliphatic rings. The minimum atomic E-state index is -0.716. The summed E-state index contributed by atoms with van der Waals surface area (Å²) in [5, 5.41) is 75.0. The Morgan fingerprint density at radius 1 is 0.543 bits per heavy atom. The summed E-state index contributed by atoms with van der Waals surface area (Å²) in [6.45, 7) is 8.49. The van der Waals surface area contributed by atoms with Crippen LogP contribution < -0.4 is 15.5 Å². The van der Waals surface area contributed by atoms with Gasteiger partial charge in [0.05, 0.1) is 40.0 Å². The zero-order valence-electron chi connectivity index (χ0n) is 58.6. The van der Waals surface area contributed by atoms with Crippen molar-refractivity contribution in [2.45, 2.75) is 46.1 Å². The number of rotatable bonds is 18. The molecule has 2 N–H and O–H groups in total. The van der Waals surface area contributed by atoms with Crippen LogP contribution >= 0.6 is 69.6 Å². The number of nitro groups is 5. The van der Waals surface area contributed by atoms with E-state index in [1.165, 1.54) is 0 Å². The molecule has 0 bridgehead atoms. The zero-order chi connectivity index (χ0) is 77.9. The van der Waals surface area contributed by atoms with Gasteiger partial charge in [-0.2, -0.15) is 10.3 Å². The molecule has 43 heteroatoms. The van der Waals surface area contributed by atoms with Gasteiger partial charge in [-0.05, 0) is 90.7 Å². The summed E-state index contributed by atoms with van der Waals surface area (Å²) in [7, 11) is 16.0. The maximum atomic E-state index is 10.7. The summed E-state index contributed by atoms with van der Waals surface area (Å²) in [6, 6.07) is 21.2. The van der Waals surface area contributed by atoms with E-state index in [1.807, 2.05) is 64.0 Å². The third-order valence-electron chi connectivity index (χ3n) is 14.0. The van der Waals surface area contributed by atoms with E-state index < -0.39 is 24.8 Å². The monoisotopic (exact) mass is 1570 g/mol. The van der Waals surface area contributed by atoms with Gasteiger partial charge in [0, 0.05) is 146 Å². The number of pyridine rings is 6. The van der Waals surface area contributed by atoms with E-state index in [0.29, 0.717) is 119 Å². The number of nitriles is 1. The molecule has 0 aromatic carbocycles. The minimum Gasteiger partial charge on any atom is -0.367 e. The van der Waals surface area contributed by atoms with Crippen molar-refractivity contribution in [2.24, 2.45) is 15.2 Å². The van der Waals surface area contributed by atoms with Crippen LogP contribution in [0.2, 0.25) is 30.9 Å². The van der Waals surface area contributed by atoms with Crippen LogP contribution in [0.25, 0.3) is 0 Å². The molecule has 0 atom stereocenters. The Labute approximate surface area is 634 Å².